The summed E-state index contributed by atoms with van der Waals surface area (Å²) in [6.45, 7) is 2.64. The van der Waals surface area contributed by atoms with Gasteiger partial charge in [0.15, 0.2) is 0 Å². The summed E-state index contributed by atoms with van der Waals surface area (Å²) in [7, 11) is 0. The highest BCUT2D eigenvalue weighted by Gasteiger charge is 2.22. The largest absolute Gasteiger partial charge is 0.312 e. The number of amides is 2. The monoisotopic (exact) mass is 335 g/mol. The number of carbonyl (C=O) groups excluding carboxylic acids is 2. The topological polar surface area (TPSA) is 119 Å². The molecule has 0 aliphatic carbocycles. The van der Waals surface area contributed by atoms with E-state index in [4.69, 9.17) is 0 Å². The van der Waals surface area contributed by atoms with Crippen LogP contribution in [0.15, 0.2) is 24.3 Å². The average Bonchev–Trinajstić information content (AvgIpc) is 2.79. The molecule has 126 valence electrons. The van der Waals surface area contributed by atoms with E-state index >= 15 is 0 Å². The highest BCUT2D eigenvalue weighted by Crippen LogP contribution is 2.21. The molecule has 24 heavy (non-hydrogen) atoms. The second-order valence-corrected chi connectivity index (χ2v) is 4.94. The summed E-state index contributed by atoms with van der Waals surface area (Å²) in [4.78, 5) is 33.9. The molecule has 2 aromatic rings. The Bertz CT molecular complexity index is 800. The van der Waals surface area contributed by atoms with Crippen LogP contribution >= 0.6 is 0 Å². The Balaban J connectivity index is 1.96. The van der Waals surface area contributed by atoms with Gasteiger partial charge in [0, 0.05) is 5.56 Å². The number of nitro groups is 1. The van der Waals surface area contributed by atoms with E-state index in [1.165, 1.54) is 30.7 Å². The predicted molar refractivity (Wildman–Crippen MR) is 80.4 cm³/mol. The number of rotatable bonds is 4. The summed E-state index contributed by atoms with van der Waals surface area (Å²) in [5.74, 6) is -1.73. The minimum atomic E-state index is -0.623. The minimum absolute atomic E-state index is 0.154. The molecule has 9 nitrogen and oxygen atoms in total. The third-order valence-corrected chi connectivity index (χ3v) is 3.24. The first-order valence-electron chi connectivity index (χ1n) is 6.82. The smallest absolute Gasteiger partial charge is 0.271 e. The van der Waals surface area contributed by atoms with Crippen LogP contribution in [0.5, 0.6) is 0 Å². The molecule has 0 radical (unpaired) electrons. The second kappa shape index (κ2) is 6.86. The fraction of sp³-hybridized carbons (Fsp3) is 0.214. The van der Waals surface area contributed by atoms with Crippen molar-refractivity contribution in [1.82, 2.24) is 20.6 Å². The van der Waals surface area contributed by atoms with Gasteiger partial charge < -0.3 is 0 Å². The number of aromatic nitrogens is 2. The summed E-state index contributed by atoms with van der Waals surface area (Å²) < 4.78 is 14.0. The molecular weight excluding hydrogens is 321 g/mol. The third kappa shape index (κ3) is 3.72. The molecule has 1 aromatic heterocycles. The normalized spacial score (nSPS) is 10.3. The maximum Gasteiger partial charge on any atom is 0.312 e. The van der Waals surface area contributed by atoms with Crippen molar-refractivity contribution in [3.05, 3.63) is 57.1 Å². The number of aryl methyl sites for hydroxylation is 1. The van der Waals surface area contributed by atoms with Gasteiger partial charge in [-0.15, -0.1) is 0 Å². The summed E-state index contributed by atoms with van der Waals surface area (Å²) in [6.07, 6.45) is 0. The van der Waals surface area contributed by atoms with E-state index in [-0.39, 0.29) is 29.2 Å². The Morgan fingerprint density at radius 2 is 1.88 bits per heavy atom. The fourth-order valence-corrected chi connectivity index (χ4v) is 2.08. The lowest BCUT2D eigenvalue weighted by Crippen LogP contribution is -2.43. The van der Waals surface area contributed by atoms with Crippen LogP contribution in [0.2, 0.25) is 0 Å². The standard InChI is InChI=1S/C14H14FN5O4/c1-8-13(20(23)24)9(2)19(18-8)7-12(21)16-17-14(22)10-3-5-11(15)6-4-10/h3-6H,7H2,1-2H3,(H,16,21)(H,17,22). The van der Waals surface area contributed by atoms with E-state index in [9.17, 15) is 24.1 Å². The van der Waals surface area contributed by atoms with Crippen LogP contribution in [0.1, 0.15) is 21.7 Å². The predicted octanol–water partition coefficient (Wildman–Crippen LogP) is 1.01. The zero-order valence-corrected chi connectivity index (χ0v) is 12.9. The lowest BCUT2D eigenvalue weighted by Gasteiger charge is -2.08. The van der Waals surface area contributed by atoms with Crippen molar-refractivity contribution in [2.45, 2.75) is 20.4 Å². The number of nitrogens with one attached hydrogen (secondary N) is 2. The molecule has 10 heteroatoms. The number of benzene rings is 1. The summed E-state index contributed by atoms with van der Waals surface area (Å²) in [5.41, 5.74) is 4.77. The van der Waals surface area contributed by atoms with Gasteiger partial charge in [0.2, 0.25) is 0 Å². The van der Waals surface area contributed by atoms with Crippen molar-refractivity contribution in [3.63, 3.8) is 0 Å². The van der Waals surface area contributed by atoms with Crippen LogP contribution in [-0.2, 0) is 11.3 Å². The second-order valence-electron chi connectivity index (χ2n) is 4.94. The molecule has 2 N–H and O–H groups in total. The lowest BCUT2D eigenvalue weighted by atomic mass is 10.2. The number of hydrogen-bond acceptors (Lipinski definition) is 5. The molecule has 0 bridgehead atoms. The lowest BCUT2D eigenvalue weighted by molar-refractivity contribution is -0.386. The van der Waals surface area contributed by atoms with Crippen LogP contribution in [0.4, 0.5) is 10.1 Å². The van der Waals surface area contributed by atoms with Gasteiger partial charge in [-0.05, 0) is 38.1 Å². The number of hydrazine groups is 1. The van der Waals surface area contributed by atoms with Crippen molar-refractivity contribution >= 4 is 17.5 Å². The summed E-state index contributed by atoms with van der Waals surface area (Å²) in [6, 6.07) is 4.76. The molecule has 0 saturated heterocycles. The number of halogens is 1. The zero-order chi connectivity index (χ0) is 17.9. The third-order valence-electron chi connectivity index (χ3n) is 3.24. The zero-order valence-electron chi connectivity index (χ0n) is 12.9. The van der Waals surface area contributed by atoms with E-state index in [0.29, 0.717) is 0 Å². The Morgan fingerprint density at radius 1 is 1.25 bits per heavy atom. The summed E-state index contributed by atoms with van der Waals surface area (Å²) >= 11 is 0. The molecule has 2 amide bonds. The van der Waals surface area contributed by atoms with E-state index in [2.05, 4.69) is 16.0 Å². The highest BCUT2D eigenvalue weighted by molar-refractivity contribution is 5.95. The van der Waals surface area contributed by atoms with Crippen molar-refractivity contribution < 1.29 is 18.9 Å². The van der Waals surface area contributed by atoms with Gasteiger partial charge in [-0.25, -0.2) is 4.39 Å². The molecule has 0 spiro atoms. The van der Waals surface area contributed by atoms with Crippen LogP contribution < -0.4 is 10.9 Å². The quantitative estimate of drug-likeness (QED) is 0.638. The first kappa shape index (κ1) is 17.1. The van der Waals surface area contributed by atoms with Gasteiger partial charge >= 0.3 is 5.69 Å². The number of nitrogens with zero attached hydrogens (tertiary/aromatic N) is 3. The van der Waals surface area contributed by atoms with Crippen molar-refractivity contribution in [1.29, 1.82) is 0 Å². The average molecular weight is 335 g/mol. The summed E-state index contributed by atoms with van der Waals surface area (Å²) in [5, 5.41) is 14.8. The maximum atomic E-state index is 12.8. The Morgan fingerprint density at radius 3 is 2.42 bits per heavy atom. The van der Waals surface area contributed by atoms with Crippen LogP contribution in [0.25, 0.3) is 0 Å². The Hall–Kier alpha value is -3.30. The van der Waals surface area contributed by atoms with Crippen molar-refractivity contribution in [3.8, 4) is 0 Å². The van der Waals surface area contributed by atoms with Gasteiger partial charge in [-0.2, -0.15) is 5.10 Å². The van der Waals surface area contributed by atoms with E-state index in [0.717, 1.165) is 12.1 Å². The highest BCUT2D eigenvalue weighted by atomic mass is 19.1. The molecular formula is C14H14FN5O4. The van der Waals surface area contributed by atoms with E-state index in [1.807, 2.05) is 0 Å². The number of carbonyl (C=O) groups is 2. The Labute approximate surface area is 135 Å². The van der Waals surface area contributed by atoms with Crippen LogP contribution in [0.3, 0.4) is 0 Å². The van der Waals surface area contributed by atoms with Gasteiger partial charge in [0.05, 0.1) is 4.92 Å². The first-order valence-corrected chi connectivity index (χ1v) is 6.82. The fourth-order valence-electron chi connectivity index (χ4n) is 2.08. The Kier molecular flexibility index (Phi) is 4.87. The molecule has 2 rings (SSSR count). The van der Waals surface area contributed by atoms with Gasteiger partial charge in [0.1, 0.15) is 23.7 Å². The first-order chi connectivity index (χ1) is 11.3. The number of hydrogen-bond donors (Lipinski definition) is 2. The minimum Gasteiger partial charge on any atom is -0.271 e. The van der Waals surface area contributed by atoms with Crippen molar-refractivity contribution in [2.75, 3.05) is 0 Å². The molecule has 1 heterocycles. The molecule has 0 unspecified atom stereocenters. The molecule has 0 atom stereocenters. The SMILES string of the molecule is Cc1nn(CC(=O)NNC(=O)c2ccc(F)cc2)c(C)c1[N+](=O)[O-]. The van der Waals surface area contributed by atoms with Gasteiger partial charge in [-0.3, -0.25) is 35.2 Å². The molecule has 1 aromatic carbocycles. The molecule has 0 aliphatic rings. The van der Waals surface area contributed by atoms with Crippen LogP contribution in [0, 0.1) is 29.8 Å². The van der Waals surface area contributed by atoms with E-state index < -0.39 is 22.6 Å². The van der Waals surface area contributed by atoms with Gasteiger partial charge in [-0.1, -0.05) is 0 Å². The molecule has 0 saturated carbocycles. The van der Waals surface area contributed by atoms with Crippen molar-refractivity contribution in [2.24, 2.45) is 0 Å². The maximum absolute atomic E-state index is 12.8. The molecule has 0 aliphatic heterocycles. The van der Waals surface area contributed by atoms with Gasteiger partial charge in [0.25, 0.3) is 11.8 Å². The van der Waals surface area contributed by atoms with Crippen LogP contribution in [-0.4, -0.2) is 26.5 Å². The molecule has 0 fully saturated rings. The van der Waals surface area contributed by atoms with E-state index in [1.54, 1.807) is 0 Å².